The molecular formula is C9H12BrF2N3O. The van der Waals surface area contributed by atoms with Gasteiger partial charge in [-0.2, -0.15) is 0 Å². The molecule has 0 aliphatic carbocycles. The molecule has 1 N–H and O–H groups in total. The number of aliphatic hydroxyl groups is 1. The van der Waals surface area contributed by atoms with Gasteiger partial charge in [0.25, 0.3) is 6.43 Å². The van der Waals surface area contributed by atoms with Crippen LogP contribution in [-0.4, -0.2) is 41.2 Å². The highest BCUT2D eigenvalue weighted by Crippen LogP contribution is 2.17. The van der Waals surface area contributed by atoms with Crippen LogP contribution < -0.4 is 4.90 Å². The highest BCUT2D eigenvalue weighted by atomic mass is 79.9. The van der Waals surface area contributed by atoms with E-state index in [2.05, 4.69) is 25.9 Å². The quantitative estimate of drug-likeness (QED) is 0.839. The molecular weight excluding hydrogens is 284 g/mol. The Labute approximate surface area is 100 Å². The van der Waals surface area contributed by atoms with Crippen LogP contribution in [0.1, 0.15) is 5.82 Å². The summed E-state index contributed by atoms with van der Waals surface area (Å²) in [6, 6.07) is 1.55. The molecule has 90 valence electrons. The van der Waals surface area contributed by atoms with Gasteiger partial charge in [0.05, 0.1) is 13.2 Å². The van der Waals surface area contributed by atoms with Crippen molar-refractivity contribution in [2.75, 3.05) is 24.6 Å². The lowest BCUT2D eigenvalue weighted by Crippen LogP contribution is -2.32. The summed E-state index contributed by atoms with van der Waals surface area (Å²) >= 11 is 3.17. The van der Waals surface area contributed by atoms with Crippen LogP contribution in [0.4, 0.5) is 14.6 Å². The topological polar surface area (TPSA) is 49.2 Å². The second kappa shape index (κ2) is 6.05. The Kier molecular flexibility index (Phi) is 5.01. The van der Waals surface area contributed by atoms with Crippen molar-refractivity contribution in [1.82, 2.24) is 9.97 Å². The van der Waals surface area contributed by atoms with Crippen molar-refractivity contribution in [3.63, 3.8) is 0 Å². The molecule has 0 aliphatic heterocycles. The maximum absolute atomic E-state index is 12.3. The monoisotopic (exact) mass is 295 g/mol. The zero-order chi connectivity index (χ0) is 12.1. The molecule has 0 aliphatic rings. The predicted molar refractivity (Wildman–Crippen MR) is 59.8 cm³/mol. The first-order chi connectivity index (χ1) is 7.52. The molecule has 0 saturated carbocycles. The highest BCUT2D eigenvalue weighted by molar-refractivity contribution is 9.10. The van der Waals surface area contributed by atoms with Crippen LogP contribution in [0.15, 0.2) is 10.7 Å². The van der Waals surface area contributed by atoms with Gasteiger partial charge < -0.3 is 10.0 Å². The maximum atomic E-state index is 12.3. The number of anilines is 1. The normalized spacial score (nSPS) is 10.9. The fraction of sp³-hybridized carbons (Fsp3) is 0.556. The summed E-state index contributed by atoms with van der Waals surface area (Å²) in [5, 5.41) is 8.81. The van der Waals surface area contributed by atoms with Crippen LogP contribution in [0, 0.1) is 6.92 Å². The van der Waals surface area contributed by atoms with Gasteiger partial charge in [0.2, 0.25) is 0 Å². The minimum Gasteiger partial charge on any atom is -0.395 e. The molecule has 1 aromatic heterocycles. The van der Waals surface area contributed by atoms with Gasteiger partial charge in [0, 0.05) is 12.6 Å². The number of hydrogen-bond acceptors (Lipinski definition) is 4. The zero-order valence-electron chi connectivity index (χ0n) is 8.70. The van der Waals surface area contributed by atoms with Crippen LogP contribution in [0.3, 0.4) is 0 Å². The number of nitrogens with zero attached hydrogens (tertiary/aromatic N) is 3. The third-order valence-corrected chi connectivity index (χ3v) is 2.25. The lowest BCUT2D eigenvalue weighted by molar-refractivity contribution is 0.152. The number of alkyl halides is 2. The molecule has 0 fully saturated rings. The van der Waals surface area contributed by atoms with Crippen molar-refractivity contribution in [3.05, 3.63) is 16.5 Å². The first-order valence-corrected chi connectivity index (χ1v) is 5.47. The van der Waals surface area contributed by atoms with E-state index in [-0.39, 0.29) is 13.2 Å². The Hall–Kier alpha value is -0.820. The number of halogens is 3. The van der Waals surface area contributed by atoms with E-state index in [9.17, 15) is 8.78 Å². The molecule has 7 heteroatoms. The molecule has 0 bridgehead atoms. The van der Waals surface area contributed by atoms with Crippen LogP contribution in [0.25, 0.3) is 0 Å². The summed E-state index contributed by atoms with van der Waals surface area (Å²) in [4.78, 5) is 9.35. The lowest BCUT2D eigenvalue weighted by Gasteiger charge is -2.22. The van der Waals surface area contributed by atoms with E-state index < -0.39 is 13.0 Å². The Morgan fingerprint density at radius 1 is 1.50 bits per heavy atom. The van der Waals surface area contributed by atoms with Gasteiger partial charge in [-0.25, -0.2) is 18.7 Å². The van der Waals surface area contributed by atoms with E-state index >= 15 is 0 Å². The number of rotatable bonds is 5. The van der Waals surface area contributed by atoms with Crippen LogP contribution in [0.2, 0.25) is 0 Å². The van der Waals surface area contributed by atoms with E-state index in [1.165, 1.54) is 4.90 Å². The van der Waals surface area contributed by atoms with Crippen molar-refractivity contribution >= 4 is 21.7 Å². The van der Waals surface area contributed by atoms with E-state index in [0.29, 0.717) is 16.2 Å². The minimum atomic E-state index is -2.47. The minimum absolute atomic E-state index is 0.118. The highest BCUT2D eigenvalue weighted by Gasteiger charge is 2.14. The van der Waals surface area contributed by atoms with Gasteiger partial charge in [-0.05, 0) is 22.9 Å². The summed E-state index contributed by atoms with van der Waals surface area (Å²) in [6.07, 6.45) is -2.47. The van der Waals surface area contributed by atoms with Gasteiger partial charge in [-0.15, -0.1) is 0 Å². The summed E-state index contributed by atoms with van der Waals surface area (Å²) in [6.45, 7) is 1.14. The first-order valence-electron chi connectivity index (χ1n) is 4.68. The van der Waals surface area contributed by atoms with Crippen molar-refractivity contribution < 1.29 is 13.9 Å². The van der Waals surface area contributed by atoms with Gasteiger partial charge in [-0.3, -0.25) is 0 Å². The zero-order valence-corrected chi connectivity index (χ0v) is 10.3. The Morgan fingerprint density at radius 2 is 2.19 bits per heavy atom. The van der Waals surface area contributed by atoms with Gasteiger partial charge in [0.1, 0.15) is 16.2 Å². The smallest absolute Gasteiger partial charge is 0.255 e. The summed E-state index contributed by atoms with van der Waals surface area (Å²) < 4.78 is 25.2. The third kappa shape index (κ3) is 3.97. The van der Waals surface area contributed by atoms with Crippen LogP contribution in [-0.2, 0) is 0 Å². The molecule has 1 rings (SSSR count). The molecule has 1 aromatic rings. The van der Waals surface area contributed by atoms with Crippen molar-refractivity contribution in [1.29, 1.82) is 0 Å². The van der Waals surface area contributed by atoms with Gasteiger partial charge in [-0.1, -0.05) is 0 Å². The van der Waals surface area contributed by atoms with Gasteiger partial charge in [0.15, 0.2) is 0 Å². The number of aromatic nitrogens is 2. The second-order valence-electron chi connectivity index (χ2n) is 3.16. The second-order valence-corrected chi connectivity index (χ2v) is 3.97. The summed E-state index contributed by atoms with van der Waals surface area (Å²) in [7, 11) is 0. The molecule has 0 saturated heterocycles. The molecule has 16 heavy (non-hydrogen) atoms. The first kappa shape index (κ1) is 13.2. The number of aliphatic hydroxyl groups excluding tert-OH is 1. The Bertz CT molecular complexity index is 331. The fourth-order valence-electron chi connectivity index (χ4n) is 1.27. The molecule has 0 aromatic carbocycles. The molecule has 0 spiro atoms. The number of hydrogen-bond donors (Lipinski definition) is 1. The van der Waals surface area contributed by atoms with Crippen molar-refractivity contribution in [2.24, 2.45) is 0 Å². The van der Waals surface area contributed by atoms with E-state index in [1.807, 2.05) is 0 Å². The fourth-order valence-corrected chi connectivity index (χ4v) is 1.73. The standard InChI is InChI=1S/C9H12BrF2N3O/c1-6-13-7(10)4-9(14-6)15(2-3-16)5-8(11)12/h4,8,16H,2-3,5H2,1H3. The molecule has 4 nitrogen and oxygen atoms in total. The predicted octanol–water partition coefficient (Wildman–Crippen LogP) is 1.61. The largest absolute Gasteiger partial charge is 0.395 e. The lowest BCUT2D eigenvalue weighted by atomic mass is 10.4. The summed E-state index contributed by atoms with van der Waals surface area (Å²) in [5.74, 6) is 0.871. The molecule has 0 unspecified atom stereocenters. The average Bonchev–Trinajstić information content (AvgIpc) is 2.14. The molecule has 0 amide bonds. The molecule has 0 radical (unpaired) electrons. The van der Waals surface area contributed by atoms with E-state index in [1.54, 1.807) is 13.0 Å². The van der Waals surface area contributed by atoms with E-state index in [0.717, 1.165) is 0 Å². The Balaban J connectivity index is 2.90. The van der Waals surface area contributed by atoms with Crippen molar-refractivity contribution in [3.8, 4) is 0 Å². The number of aryl methyl sites for hydroxylation is 1. The third-order valence-electron chi connectivity index (χ3n) is 1.85. The van der Waals surface area contributed by atoms with Crippen LogP contribution in [0.5, 0.6) is 0 Å². The van der Waals surface area contributed by atoms with Crippen molar-refractivity contribution in [2.45, 2.75) is 13.3 Å². The SMILES string of the molecule is Cc1nc(Br)cc(N(CCO)CC(F)F)n1. The van der Waals surface area contributed by atoms with Crippen LogP contribution >= 0.6 is 15.9 Å². The average molecular weight is 296 g/mol. The van der Waals surface area contributed by atoms with Gasteiger partial charge >= 0.3 is 0 Å². The Morgan fingerprint density at radius 3 is 2.69 bits per heavy atom. The summed E-state index contributed by atoms with van der Waals surface area (Å²) in [5.41, 5.74) is 0. The molecule has 1 heterocycles. The molecule has 0 atom stereocenters. The van der Waals surface area contributed by atoms with E-state index in [4.69, 9.17) is 5.11 Å². The maximum Gasteiger partial charge on any atom is 0.255 e.